The van der Waals surface area contributed by atoms with Gasteiger partial charge < -0.3 is 14.6 Å². The van der Waals surface area contributed by atoms with Crippen LogP contribution in [0.4, 0.5) is 0 Å². The standard InChI is InChI=1S/C12H14O3/c1-3-8-7-9-5-4-6-10(14-2)11(9)15-12(8)13/h4-7,12-13H,3H2,1-2H3/t12-/m1/s1. The summed E-state index contributed by atoms with van der Waals surface area (Å²) in [6.07, 6.45) is 1.88. The molecule has 1 N–H and O–H groups in total. The van der Waals surface area contributed by atoms with Crippen LogP contribution in [-0.4, -0.2) is 18.5 Å². The van der Waals surface area contributed by atoms with E-state index in [4.69, 9.17) is 9.47 Å². The fourth-order valence-corrected chi connectivity index (χ4v) is 1.67. The summed E-state index contributed by atoms with van der Waals surface area (Å²) in [6, 6.07) is 5.66. The third-order valence-electron chi connectivity index (χ3n) is 2.53. The maximum atomic E-state index is 9.69. The molecule has 0 fully saturated rings. The highest BCUT2D eigenvalue weighted by Crippen LogP contribution is 2.37. The molecule has 1 aliphatic rings. The molecule has 3 heteroatoms. The second-order valence-corrected chi connectivity index (χ2v) is 3.42. The first-order valence-electron chi connectivity index (χ1n) is 4.98. The third kappa shape index (κ3) is 1.70. The SMILES string of the molecule is CCC1=Cc2cccc(OC)c2O[C@H]1O. The van der Waals surface area contributed by atoms with Gasteiger partial charge in [-0.1, -0.05) is 19.1 Å². The molecule has 0 bridgehead atoms. The monoisotopic (exact) mass is 206 g/mol. The molecule has 0 unspecified atom stereocenters. The van der Waals surface area contributed by atoms with Crippen LogP contribution in [0, 0.1) is 0 Å². The number of aliphatic hydroxyl groups excluding tert-OH is 1. The largest absolute Gasteiger partial charge is 0.493 e. The van der Waals surface area contributed by atoms with E-state index in [1.165, 1.54) is 0 Å². The van der Waals surface area contributed by atoms with Crippen molar-refractivity contribution in [2.24, 2.45) is 0 Å². The van der Waals surface area contributed by atoms with E-state index in [0.29, 0.717) is 11.5 Å². The van der Waals surface area contributed by atoms with Crippen LogP contribution in [-0.2, 0) is 0 Å². The lowest BCUT2D eigenvalue weighted by Gasteiger charge is -2.23. The summed E-state index contributed by atoms with van der Waals surface area (Å²) in [5, 5.41) is 9.69. The molecule has 0 amide bonds. The Kier molecular flexibility index (Phi) is 2.64. The van der Waals surface area contributed by atoms with Gasteiger partial charge in [-0.3, -0.25) is 0 Å². The van der Waals surface area contributed by atoms with E-state index in [0.717, 1.165) is 17.6 Å². The van der Waals surface area contributed by atoms with Crippen molar-refractivity contribution in [2.45, 2.75) is 19.6 Å². The van der Waals surface area contributed by atoms with Crippen molar-refractivity contribution in [2.75, 3.05) is 7.11 Å². The average molecular weight is 206 g/mol. The lowest BCUT2D eigenvalue weighted by Crippen LogP contribution is -2.21. The Labute approximate surface area is 88.9 Å². The molecule has 15 heavy (non-hydrogen) atoms. The van der Waals surface area contributed by atoms with Crippen LogP contribution in [0.2, 0.25) is 0 Å². The molecule has 1 aromatic rings. The minimum absolute atomic E-state index is 0.615. The van der Waals surface area contributed by atoms with E-state index >= 15 is 0 Å². The second kappa shape index (κ2) is 3.95. The predicted octanol–water partition coefficient (Wildman–Crippen LogP) is 2.20. The van der Waals surface area contributed by atoms with Gasteiger partial charge >= 0.3 is 0 Å². The summed E-state index contributed by atoms with van der Waals surface area (Å²) in [5.41, 5.74) is 1.84. The number of para-hydroxylation sites is 1. The van der Waals surface area contributed by atoms with Crippen molar-refractivity contribution in [1.29, 1.82) is 0 Å². The van der Waals surface area contributed by atoms with E-state index in [1.54, 1.807) is 7.11 Å². The average Bonchev–Trinajstić information content (AvgIpc) is 2.27. The van der Waals surface area contributed by atoms with E-state index in [9.17, 15) is 5.11 Å². The quantitative estimate of drug-likeness (QED) is 0.806. The topological polar surface area (TPSA) is 38.7 Å². The predicted molar refractivity (Wildman–Crippen MR) is 57.9 cm³/mol. The van der Waals surface area contributed by atoms with Crippen molar-refractivity contribution in [3.8, 4) is 11.5 Å². The van der Waals surface area contributed by atoms with E-state index in [2.05, 4.69) is 0 Å². The molecule has 0 radical (unpaired) electrons. The molecular weight excluding hydrogens is 192 g/mol. The highest BCUT2D eigenvalue weighted by Gasteiger charge is 2.21. The molecule has 1 aliphatic heterocycles. The van der Waals surface area contributed by atoms with Gasteiger partial charge in [-0.2, -0.15) is 0 Å². The van der Waals surface area contributed by atoms with Gasteiger partial charge in [-0.25, -0.2) is 0 Å². The second-order valence-electron chi connectivity index (χ2n) is 3.42. The fraction of sp³-hybridized carbons (Fsp3) is 0.333. The zero-order valence-corrected chi connectivity index (χ0v) is 8.86. The van der Waals surface area contributed by atoms with Crippen LogP contribution < -0.4 is 9.47 Å². The molecule has 0 spiro atoms. The Morgan fingerprint density at radius 1 is 1.47 bits per heavy atom. The molecule has 80 valence electrons. The normalized spacial score (nSPS) is 18.9. The van der Waals surface area contributed by atoms with Gasteiger partial charge in [0, 0.05) is 5.56 Å². The molecule has 1 aromatic carbocycles. The van der Waals surface area contributed by atoms with E-state index in [-0.39, 0.29) is 0 Å². The molecular formula is C12H14O3. The summed E-state index contributed by atoms with van der Waals surface area (Å²) < 4.78 is 10.6. The zero-order valence-electron chi connectivity index (χ0n) is 8.86. The summed E-state index contributed by atoms with van der Waals surface area (Å²) in [7, 11) is 1.59. The maximum absolute atomic E-state index is 9.69. The van der Waals surface area contributed by atoms with Gasteiger partial charge in [-0.05, 0) is 24.1 Å². The Hall–Kier alpha value is -1.48. The van der Waals surface area contributed by atoms with Gasteiger partial charge in [0.05, 0.1) is 7.11 Å². The first-order chi connectivity index (χ1) is 7.26. The molecule has 1 atom stereocenters. The Balaban J connectivity index is 2.49. The first kappa shape index (κ1) is 10.1. The lowest BCUT2D eigenvalue weighted by atomic mass is 10.0. The molecule has 2 rings (SSSR count). The molecule has 0 saturated carbocycles. The van der Waals surface area contributed by atoms with Gasteiger partial charge in [0.25, 0.3) is 0 Å². The molecule has 0 saturated heterocycles. The summed E-state index contributed by atoms with van der Waals surface area (Å²) in [4.78, 5) is 0. The van der Waals surface area contributed by atoms with Crippen LogP contribution in [0.25, 0.3) is 6.08 Å². The minimum atomic E-state index is -0.848. The Morgan fingerprint density at radius 2 is 2.27 bits per heavy atom. The number of fused-ring (bicyclic) bond motifs is 1. The van der Waals surface area contributed by atoms with Crippen LogP contribution in [0.3, 0.4) is 0 Å². The van der Waals surface area contributed by atoms with Crippen LogP contribution >= 0.6 is 0 Å². The number of rotatable bonds is 2. The van der Waals surface area contributed by atoms with Crippen LogP contribution in [0.15, 0.2) is 23.8 Å². The molecule has 1 heterocycles. The van der Waals surface area contributed by atoms with E-state index < -0.39 is 6.29 Å². The number of hydrogen-bond donors (Lipinski definition) is 1. The third-order valence-corrected chi connectivity index (χ3v) is 2.53. The fourth-order valence-electron chi connectivity index (χ4n) is 1.67. The molecule has 0 aromatic heterocycles. The van der Waals surface area contributed by atoms with E-state index in [1.807, 2.05) is 31.2 Å². The molecule has 3 nitrogen and oxygen atoms in total. The first-order valence-corrected chi connectivity index (χ1v) is 4.98. The van der Waals surface area contributed by atoms with Gasteiger partial charge in [-0.15, -0.1) is 0 Å². The smallest absolute Gasteiger partial charge is 0.220 e. The molecule has 0 aliphatic carbocycles. The summed E-state index contributed by atoms with van der Waals surface area (Å²) in [5.74, 6) is 1.27. The number of hydrogen-bond acceptors (Lipinski definition) is 3. The number of ether oxygens (including phenoxy) is 2. The Morgan fingerprint density at radius 3 is 2.93 bits per heavy atom. The number of benzene rings is 1. The highest BCUT2D eigenvalue weighted by atomic mass is 16.6. The van der Waals surface area contributed by atoms with Crippen molar-refractivity contribution in [1.82, 2.24) is 0 Å². The van der Waals surface area contributed by atoms with Crippen LogP contribution in [0.5, 0.6) is 11.5 Å². The maximum Gasteiger partial charge on any atom is 0.220 e. The van der Waals surface area contributed by atoms with Crippen molar-refractivity contribution in [3.05, 3.63) is 29.3 Å². The highest BCUT2D eigenvalue weighted by molar-refractivity contribution is 5.66. The van der Waals surface area contributed by atoms with Gasteiger partial charge in [0.2, 0.25) is 6.29 Å². The number of aliphatic hydroxyl groups is 1. The summed E-state index contributed by atoms with van der Waals surface area (Å²) in [6.45, 7) is 1.99. The minimum Gasteiger partial charge on any atom is -0.493 e. The van der Waals surface area contributed by atoms with Crippen molar-refractivity contribution < 1.29 is 14.6 Å². The van der Waals surface area contributed by atoms with Crippen molar-refractivity contribution in [3.63, 3.8) is 0 Å². The van der Waals surface area contributed by atoms with Crippen LogP contribution in [0.1, 0.15) is 18.9 Å². The van der Waals surface area contributed by atoms with Crippen molar-refractivity contribution >= 4 is 6.08 Å². The Bertz CT molecular complexity index is 396. The van der Waals surface area contributed by atoms with Gasteiger partial charge in [0.1, 0.15) is 0 Å². The zero-order chi connectivity index (χ0) is 10.8. The number of methoxy groups -OCH3 is 1. The lowest BCUT2D eigenvalue weighted by molar-refractivity contribution is 0.00886. The summed E-state index contributed by atoms with van der Waals surface area (Å²) >= 11 is 0. The van der Waals surface area contributed by atoms with Gasteiger partial charge in [0.15, 0.2) is 11.5 Å².